The first-order valence-electron chi connectivity index (χ1n) is 6.20. The second-order valence-corrected chi connectivity index (χ2v) is 5.15. The lowest BCUT2D eigenvalue weighted by Gasteiger charge is -2.07. The molecule has 0 aromatic carbocycles. The highest BCUT2D eigenvalue weighted by atomic mass is 32.1. The number of rotatable bonds is 5. The minimum atomic E-state index is -0.168. The SMILES string of the molecule is Cc1cccnc1NC(=O)CCNC(=O)c1cccs1. The van der Waals surface area contributed by atoms with Gasteiger partial charge in [0.2, 0.25) is 5.91 Å². The summed E-state index contributed by atoms with van der Waals surface area (Å²) in [5.74, 6) is 0.238. The largest absolute Gasteiger partial charge is 0.351 e. The Kier molecular flexibility index (Phi) is 4.84. The number of carbonyl (C=O) groups is 2. The minimum Gasteiger partial charge on any atom is -0.351 e. The fourth-order valence-electron chi connectivity index (χ4n) is 1.60. The molecule has 0 unspecified atom stereocenters. The summed E-state index contributed by atoms with van der Waals surface area (Å²) in [4.78, 5) is 28.1. The molecule has 0 radical (unpaired) electrons. The highest BCUT2D eigenvalue weighted by Crippen LogP contribution is 2.09. The van der Waals surface area contributed by atoms with Gasteiger partial charge in [-0.25, -0.2) is 4.98 Å². The lowest BCUT2D eigenvalue weighted by atomic mass is 10.3. The number of nitrogens with zero attached hydrogens (tertiary/aromatic N) is 1. The van der Waals surface area contributed by atoms with Crippen LogP contribution < -0.4 is 10.6 Å². The van der Waals surface area contributed by atoms with Crippen LogP contribution in [0.4, 0.5) is 5.82 Å². The fourth-order valence-corrected chi connectivity index (χ4v) is 2.24. The molecule has 2 amide bonds. The molecule has 0 atom stereocenters. The van der Waals surface area contributed by atoms with E-state index in [1.807, 2.05) is 30.5 Å². The van der Waals surface area contributed by atoms with Gasteiger partial charge < -0.3 is 10.6 Å². The molecule has 0 saturated heterocycles. The number of hydrogen-bond acceptors (Lipinski definition) is 4. The normalized spacial score (nSPS) is 10.1. The summed E-state index contributed by atoms with van der Waals surface area (Å²) in [6, 6.07) is 7.25. The Morgan fingerprint density at radius 2 is 2.15 bits per heavy atom. The van der Waals surface area contributed by atoms with Crippen LogP contribution in [-0.2, 0) is 4.79 Å². The minimum absolute atomic E-state index is 0.151. The number of aromatic nitrogens is 1. The lowest BCUT2D eigenvalue weighted by molar-refractivity contribution is -0.116. The van der Waals surface area contributed by atoms with Crippen molar-refractivity contribution in [2.45, 2.75) is 13.3 Å². The molecule has 2 rings (SSSR count). The van der Waals surface area contributed by atoms with Crippen molar-refractivity contribution in [3.05, 3.63) is 46.3 Å². The lowest BCUT2D eigenvalue weighted by Crippen LogP contribution is -2.27. The van der Waals surface area contributed by atoms with Crippen LogP contribution in [0.5, 0.6) is 0 Å². The fraction of sp³-hybridized carbons (Fsp3) is 0.214. The second-order valence-electron chi connectivity index (χ2n) is 4.20. The van der Waals surface area contributed by atoms with Crippen LogP contribution in [0, 0.1) is 6.92 Å². The summed E-state index contributed by atoms with van der Waals surface area (Å²) >= 11 is 1.37. The van der Waals surface area contributed by atoms with E-state index in [4.69, 9.17) is 0 Å². The first-order chi connectivity index (χ1) is 9.66. The molecule has 2 aromatic heterocycles. The average Bonchev–Trinajstić information content (AvgIpc) is 2.95. The smallest absolute Gasteiger partial charge is 0.261 e. The molecular formula is C14H15N3O2S. The van der Waals surface area contributed by atoms with E-state index in [2.05, 4.69) is 15.6 Å². The summed E-state index contributed by atoms with van der Waals surface area (Å²) in [5.41, 5.74) is 0.906. The number of pyridine rings is 1. The van der Waals surface area contributed by atoms with E-state index >= 15 is 0 Å². The quantitative estimate of drug-likeness (QED) is 0.886. The Morgan fingerprint density at radius 3 is 2.85 bits per heavy atom. The van der Waals surface area contributed by atoms with Gasteiger partial charge in [0.15, 0.2) is 0 Å². The summed E-state index contributed by atoms with van der Waals surface area (Å²) in [7, 11) is 0. The van der Waals surface area contributed by atoms with Crippen molar-refractivity contribution in [2.24, 2.45) is 0 Å². The van der Waals surface area contributed by atoms with Gasteiger partial charge in [0.25, 0.3) is 5.91 Å². The molecule has 2 heterocycles. The maximum absolute atomic E-state index is 11.7. The van der Waals surface area contributed by atoms with Gasteiger partial charge in [-0.05, 0) is 30.0 Å². The zero-order valence-electron chi connectivity index (χ0n) is 11.1. The third kappa shape index (κ3) is 3.89. The standard InChI is InChI=1S/C14H15N3O2S/c1-10-4-2-7-15-13(10)17-12(18)6-8-16-14(19)11-5-3-9-20-11/h2-5,7,9H,6,8H2,1H3,(H,16,19)(H,15,17,18). The van der Waals surface area contributed by atoms with Crippen molar-refractivity contribution in [3.8, 4) is 0 Å². The van der Waals surface area contributed by atoms with E-state index in [1.54, 1.807) is 12.3 Å². The Hall–Kier alpha value is -2.21. The Labute approximate surface area is 121 Å². The number of hydrogen-bond donors (Lipinski definition) is 2. The van der Waals surface area contributed by atoms with Crippen LogP contribution in [0.15, 0.2) is 35.8 Å². The summed E-state index contributed by atoms with van der Waals surface area (Å²) in [6.07, 6.45) is 1.84. The van der Waals surface area contributed by atoms with Crippen LogP contribution in [0.3, 0.4) is 0 Å². The molecule has 104 valence electrons. The zero-order chi connectivity index (χ0) is 14.4. The molecule has 0 bridgehead atoms. The van der Waals surface area contributed by atoms with Gasteiger partial charge >= 0.3 is 0 Å². The predicted molar refractivity (Wildman–Crippen MR) is 78.9 cm³/mol. The molecule has 5 nitrogen and oxygen atoms in total. The predicted octanol–water partition coefficient (Wildman–Crippen LogP) is 2.21. The summed E-state index contributed by atoms with van der Waals surface area (Å²) < 4.78 is 0. The first-order valence-corrected chi connectivity index (χ1v) is 7.08. The van der Waals surface area contributed by atoms with Crippen molar-refractivity contribution in [1.82, 2.24) is 10.3 Å². The molecule has 6 heteroatoms. The van der Waals surface area contributed by atoms with E-state index in [9.17, 15) is 9.59 Å². The van der Waals surface area contributed by atoms with Crippen molar-refractivity contribution in [3.63, 3.8) is 0 Å². The number of nitrogens with one attached hydrogen (secondary N) is 2. The Bertz CT molecular complexity index is 596. The average molecular weight is 289 g/mol. The molecule has 0 aliphatic carbocycles. The summed E-state index contributed by atoms with van der Waals surface area (Å²) in [6.45, 7) is 2.18. The molecule has 20 heavy (non-hydrogen) atoms. The molecule has 0 saturated carbocycles. The van der Waals surface area contributed by atoms with Crippen molar-refractivity contribution in [2.75, 3.05) is 11.9 Å². The number of thiophene rings is 1. The van der Waals surface area contributed by atoms with Crippen LogP contribution in [-0.4, -0.2) is 23.3 Å². The van der Waals surface area contributed by atoms with Gasteiger partial charge in [0.1, 0.15) is 5.82 Å². The van der Waals surface area contributed by atoms with Gasteiger partial charge in [0, 0.05) is 19.2 Å². The van der Waals surface area contributed by atoms with E-state index in [-0.39, 0.29) is 18.2 Å². The second kappa shape index (κ2) is 6.81. The number of amides is 2. The molecule has 0 fully saturated rings. The third-order valence-corrected chi connectivity index (χ3v) is 3.52. The van der Waals surface area contributed by atoms with Gasteiger partial charge in [-0.15, -0.1) is 11.3 Å². The van der Waals surface area contributed by atoms with Crippen LogP contribution in [0.25, 0.3) is 0 Å². The first kappa shape index (κ1) is 14.2. The number of carbonyl (C=O) groups excluding carboxylic acids is 2. The Morgan fingerprint density at radius 1 is 1.30 bits per heavy atom. The van der Waals surface area contributed by atoms with E-state index in [1.165, 1.54) is 11.3 Å². The maximum Gasteiger partial charge on any atom is 0.261 e. The van der Waals surface area contributed by atoms with E-state index in [0.717, 1.165) is 5.56 Å². The number of aryl methyl sites for hydroxylation is 1. The third-order valence-electron chi connectivity index (χ3n) is 2.65. The van der Waals surface area contributed by atoms with Crippen molar-refractivity contribution < 1.29 is 9.59 Å². The van der Waals surface area contributed by atoms with E-state index in [0.29, 0.717) is 17.2 Å². The van der Waals surface area contributed by atoms with Crippen LogP contribution in [0.1, 0.15) is 21.7 Å². The van der Waals surface area contributed by atoms with Crippen LogP contribution >= 0.6 is 11.3 Å². The van der Waals surface area contributed by atoms with E-state index < -0.39 is 0 Å². The number of anilines is 1. The molecule has 2 N–H and O–H groups in total. The highest BCUT2D eigenvalue weighted by molar-refractivity contribution is 7.12. The molecule has 2 aromatic rings. The van der Waals surface area contributed by atoms with Gasteiger partial charge in [-0.3, -0.25) is 9.59 Å². The van der Waals surface area contributed by atoms with Crippen molar-refractivity contribution in [1.29, 1.82) is 0 Å². The zero-order valence-corrected chi connectivity index (χ0v) is 11.9. The van der Waals surface area contributed by atoms with Crippen molar-refractivity contribution >= 4 is 29.0 Å². The molecule has 0 aliphatic heterocycles. The topological polar surface area (TPSA) is 71.1 Å². The highest BCUT2D eigenvalue weighted by Gasteiger charge is 2.08. The van der Waals surface area contributed by atoms with Gasteiger partial charge in [0.05, 0.1) is 4.88 Å². The van der Waals surface area contributed by atoms with Crippen LogP contribution in [0.2, 0.25) is 0 Å². The molecule has 0 spiro atoms. The van der Waals surface area contributed by atoms with Gasteiger partial charge in [-0.1, -0.05) is 12.1 Å². The monoisotopic (exact) mass is 289 g/mol. The molecule has 0 aliphatic rings. The Balaban J connectivity index is 1.76. The molecular weight excluding hydrogens is 274 g/mol. The maximum atomic E-state index is 11.7. The van der Waals surface area contributed by atoms with Gasteiger partial charge in [-0.2, -0.15) is 0 Å². The summed E-state index contributed by atoms with van der Waals surface area (Å²) in [5, 5.41) is 7.27.